The van der Waals surface area contributed by atoms with Gasteiger partial charge in [-0.05, 0) is 50.8 Å². The summed E-state index contributed by atoms with van der Waals surface area (Å²) in [6, 6.07) is 9.28. The number of aliphatic hydroxyl groups is 2. The van der Waals surface area contributed by atoms with Crippen LogP contribution in [0, 0.1) is 17.8 Å². The Balaban J connectivity index is 1.67. The molecule has 3 atom stereocenters. The Labute approximate surface area is 224 Å². The fourth-order valence-electron chi connectivity index (χ4n) is 4.79. The number of amides is 1. The first-order valence-electron chi connectivity index (χ1n) is 12.9. The van der Waals surface area contributed by atoms with Crippen LogP contribution in [0.25, 0.3) is 0 Å². The van der Waals surface area contributed by atoms with Gasteiger partial charge in [-0.25, -0.2) is 13.4 Å². The predicted molar refractivity (Wildman–Crippen MR) is 142 cm³/mol. The first kappa shape index (κ1) is 28.0. The molecule has 9 nitrogen and oxygen atoms in total. The average Bonchev–Trinajstić information content (AvgIpc) is 3.36. The Morgan fingerprint density at radius 1 is 1.26 bits per heavy atom. The number of nitrogens with zero attached hydrogens (tertiary/aromatic N) is 3. The molecular formula is C28H35N3O6S. The molecule has 0 spiro atoms. The molecule has 1 aromatic carbocycles. The van der Waals surface area contributed by atoms with Gasteiger partial charge in [-0.2, -0.15) is 4.31 Å². The molecule has 2 heterocycles. The summed E-state index contributed by atoms with van der Waals surface area (Å²) in [5, 5.41) is 20.4. The van der Waals surface area contributed by atoms with Crippen LogP contribution >= 0.6 is 0 Å². The summed E-state index contributed by atoms with van der Waals surface area (Å²) < 4.78 is 33.8. The number of rotatable bonds is 6. The maximum atomic E-state index is 13.6. The molecule has 10 heteroatoms. The lowest BCUT2D eigenvalue weighted by atomic mass is 10.00. The van der Waals surface area contributed by atoms with Crippen LogP contribution in [-0.4, -0.2) is 83.2 Å². The van der Waals surface area contributed by atoms with Crippen LogP contribution in [0.2, 0.25) is 0 Å². The number of ether oxygens (including phenoxy) is 1. The van der Waals surface area contributed by atoms with Crippen LogP contribution in [0.15, 0.2) is 47.5 Å². The van der Waals surface area contributed by atoms with Gasteiger partial charge in [0.15, 0.2) is 0 Å². The number of benzene rings is 1. The van der Waals surface area contributed by atoms with Crippen molar-refractivity contribution in [1.29, 1.82) is 0 Å². The quantitative estimate of drug-likeness (QED) is 0.539. The van der Waals surface area contributed by atoms with Gasteiger partial charge in [-0.1, -0.05) is 37.0 Å². The Morgan fingerprint density at radius 3 is 2.61 bits per heavy atom. The van der Waals surface area contributed by atoms with Crippen molar-refractivity contribution in [1.82, 2.24) is 14.2 Å². The second-order valence-electron chi connectivity index (χ2n) is 10.3. The molecule has 38 heavy (non-hydrogen) atoms. The normalized spacial score (nSPS) is 22.1. The van der Waals surface area contributed by atoms with Crippen molar-refractivity contribution in [2.24, 2.45) is 5.92 Å². The SMILES string of the molecule is C[C@@H]1CN([C@H](C)CO)C(=O)c2cc(C#CC3(O)CCCC3)cnc2O[C@@H]1CN(C)S(=O)(=O)c1ccccc1. The highest BCUT2D eigenvalue weighted by Gasteiger charge is 2.36. The number of aromatic nitrogens is 1. The second kappa shape index (κ2) is 11.4. The third kappa shape index (κ3) is 6.02. The van der Waals surface area contributed by atoms with E-state index >= 15 is 0 Å². The van der Waals surface area contributed by atoms with E-state index in [1.54, 1.807) is 48.2 Å². The number of aliphatic hydroxyl groups excluding tert-OH is 1. The second-order valence-corrected chi connectivity index (χ2v) is 12.3. The summed E-state index contributed by atoms with van der Waals surface area (Å²) >= 11 is 0. The van der Waals surface area contributed by atoms with Gasteiger partial charge in [0.25, 0.3) is 5.91 Å². The molecule has 0 unspecified atom stereocenters. The van der Waals surface area contributed by atoms with Crippen LogP contribution in [0.1, 0.15) is 55.5 Å². The molecule has 1 saturated carbocycles. The summed E-state index contributed by atoms with van der Waals surface area (Å²) in [6.45, 7) is 3.68. The van der Waals surface area contributed by atoms with Gasteiger partial charge in [0.2, 0.25) is 15.9 Å². The number of carbonyl (C=O) groups is 1. The summed E-state index contributed by atoms with van der Waals surface area (Å²) in [5.74, 6) is 5.34. The predicted octanol–water partition coefficient (Wildman–Crippen LogP) is 2.28. The standard InChI is InChI=1S/C28H35N3O6S/c1-20-17-31(21(2)19-32)27(33)24-15-22(11-14-28(34)12-7-8-13-28)16-29-26(24)37-25(20)18-30(3)38(35,36)23-9-5-4-6-10-23/h4-6,9-10,15-16,20-21,25,32,34H,7-8,12-13,17-19H2,1-3H3/t20-,21-,25-/m1/s1. The van der Waals surface area contributed by atoms with E-state index in [2.05, 4.69) is 16.8 Å². The zero-order valence-electron chi connectivity index (χ0n) is 22.0. The molecule has 0 radical (unpaired) electrons. The number of sulfonamides is 1. The van der Waals surface area contributed by atoms with E-state index in [1.807, 2.05) is 6.92 Å². The van der Waals surface area contributed by atoms with Crippen LogP contribution in [0.3, 0.4) is 0 Å². The first-order valence-corrected chi connectivity index (χ1v) is 14.3. The van der Waals surface area contributed by atoms with E-state index in [0.29, 0.717) is 18.4 Å². The maximum absolute atomic E-state index is 13.6. The number of hydrogen-bond acceptors (Lipinski definition) is 7. The maximum Gasteiger partial charge on any atom is 0.259 e. The number of fused-ring (bicyclic) bond motifs is 1. The number of pyridine rings is 1. The minimum Gasteiger partial charge on any atom is -0.472 e. The first-order chi connectivity index (χ1) is 18.0. The van der Waals surface area contributed by atoms with Gasteiger partial charge in [-0.15, -0.1) is 0 Å². The Bertz CT molecular complexity index is 1320. The molecular weight excluding hydrogens is 506 g/mol. The third-order valence-electron chi connectivity index (χ3n) is 7.28. The molecule has 1 aromatic heterocycles. The summed E-state index contributed by atoms with van der Waals surface area (Å²) in [6.07, 6.45) is 3.93. The molecule has 1 amide bonds. The molecule has 4 rings (SSSR count). The average molecular weight is 542 g/mol. The van der Waals surface area contributed by atoms with Crippen LogP contribution in [-0.2, 0) is 10.0 Å². The smallest absolute Gasteiger partial charge is 0.259 e. The highest BCUT2D eigenvalue weighted by Crippen LogP contribution is 2.30. The third-order valence-corrected chi connectivity index (χ3v) is 9.12. The highest BCUT2D eigenvalue weighted by molar-refractivity contribution is 7.89. The summed E-state index contributed by atoms with van der Waals surface area (Å²) in [5.41, 5.74) is -0.384. The van der Waals surface area contributed by atoms with Crippen molar-refractivity contribution < 1.29 is 28.2 Å². The molecule has 1 aliphatic carbocycles. The van der Waals surface area contributed by atoms with E-state index in [9.17, 15) is 23.4 Å². The van der Waals surface area contributed by atoms with E-state index in [1.165, 1.54) is 17.5 Å². The van der Waals surface area contributed by atoms with Gasteiger partial charge in [-0.3, -0.25) is 4.79 Å². The fourth-order valence-corrected chi connectivity index (χ4v) is 5.99. The molecule has 2 aromatic rings. The zero-order chi connectivity index (χ0) is 27.5. The lowest BCUT2D eigenvalue weighted by molar-refractivity contribution is 0.0373. The molecule has 204 valence electrons. The summed E-state index contributed by atoms with van der Waals surface area (Å²) in [4.78, 5) is 19.7. The lowest BCUT2D eigenvalue weighted by Gasteiger charge is -2.37. The van der Waals surface area contributed by atoms with Crippen molar-refractivity contribution in [3.05, 3.63) is 53.7 Å². The van der Waals surface area contributed by atoms with Crippen molar-refractivity contribution in [2.75, 3.05) is 26.7 Å². The fraction of sp³-hybridized carbons (Fsp3) is 0.500. The van der Waals surface area contributed by atoms with Gasteiger partial charge >= 0.3 is 0 Å². The van der Waals surface area contributed by atoms with E-state index < -0.39 is 27.8 Å². The van der Waals surface area contributed by atoms with E-state index in [0.717, 1.165) is 12.8 Å². The monoisotopic (exact) mass is 541 g/mol. The van der Waals surface area contributed by atoms with Crippen molar-refractivity contribution >= 4 is 15.9 Å². The van der Waals surface area contributed by atoms with Gasteiger partial charge < -0.3 is 19.8 Å². The van der Waals surface area contributed by atoms with Gasteiger partial charge in [0.05, 0.1) is 24.1 Å². The highest BCUT2D eigenvalue weighted by atomic mass is 32.2. The minimum absolute atomic E-state index is 0.0314. The Morgan fingerprint density at radius 2 is 1.95 bits per heavy atom. The number of carbonyl (C=O) groups excluding carboxylic acids is 1. The van der Waals surface area contributed by atoms with Gasteiger partial charge in [0, 0.05) is 31.3 Å². The Kier molecular flexibility index (Phi) is 8.43. The van der Waals surface area contributed by atoms with Crippen molar-refractivity contribution in [3.8, 4) is 17.7 Å². The molecule has 0 saturated heterocycles. The lowest BCUT2D eigenvalue weighted by Crippen LogP contribution is -2.50. The minimum atomic E-state index is -3.76. The van der Waals surface area contributed by atoms with E-state index in [4.69, 9.17) is 4.74 Å². The van der Waals surface area contributed by atoms with Gasteiger partial charge in [0.1, 0.15) is 17.3 Å². The molecule has 2 aliphatic rings. The molecule has 2 N–H and O–H groups in total. The molecule has 1 fully saturated rings. The van der Waals surface area contributed by atoms with Crippen LogP contribution in [0.4, 0.5) is 0 Å². The number of hydrogen-bond donors (Lipinski definition) is 2. The van der Waals surface area contributed by atoms with E-state index in [-0.39, 0.29) is 47.9 Å². The van der Waals surface area contributed by atoms with Crippen molar-refractivity contribution in [3.63, 3.8) is 0 Å². The topological polar surface area (TPSA) is 120 Å². The largest absolute Gasteiger partial charge is 0.472 e. The Hall–Kier alpha value is -2.97. The number of likely N-dealkylation sites (N-methyl/N-ethyl adjacent to an activating group) is 1. The molecule has 0 bridgehead atoms. The molecule has 1 aliphatic heterocycles. The van der Waals surface area contributed by atoms with Crippen molar-refractivity contribution in [2.45, 2.75) is 62.2 Å². The zero-order valence-corrected chi connectivity index (χ0v) is 22.8. The van der Waals surface area contributed by atoms with Crippen LogP contribution in [0.5, 0.6) is 5.88 Å². The summed E-state index contributed by atoms with van der Waals surface area (Å²) in [7, 11) is -2.27. The van der Waals surface area contributed by atoms with Crippen LogP contribution < -0.4 is 4.74 Å².